The summed E-state index contributed by atoms with van der Waals surface area (Å²) in [6, 6.07) is 20.8. The van der Waals surface area contributed by atoms with E-state index in [1.165, 1.54) is 31.4 Å². The van der Waals surface area contributed by atoms with Crippen LogP contribution in [0.1, 0.15) is 21.5 Å². The Labute approximate surface area is 187 Å². The zero-order chi connectivity index (χ0) is 23.0. The smallest absolute Gasteiger partial charge is 0.262 e. The van der Waals surface area contributed by atoms with Crippen LogP contribution in [0.3, 0.4) is 0 Å². The van der Waals surface area contributed by atoms with Crippen LogP contribution in [-0.2, 0) is 28.0 Å². The van der Waals surface area contributed by atoms with E-state index in [9.17, 15) is 13.2 Å². The second-order valence-electron chi connectivity index (χ2n) is 6.76. The van der Waals surface area contributed by atoms with Crippen molar-refractivity contribution >= 4 is 15.9 Å². The Morgan fingerprint density at radius 2 is 1.59 bits per heavy atom. The predicted octanol–water partition coefficient (Wildman–Crippen LogP) is 3.04. The van der Waals surface area contributed by atoms with Crippen LogP contribution in [0, 0.1) is 0 Å². The van der Waals surface area contributed by atoms with Crippen LogP contribution in [-0.4, -0.2) is 28.5 Å². The van der Waals surface area contributed by atoms with Gasteiger partial charge in [-0.2, -0.15) is 0 Å². The third kappa shape index (κ3) is 6.07. The first-order valence-corrected chi connectivity index (χ1v) is 11.2. The van der Waals surface area contributed by atoms with Gasteiger partial charge in [-0.25, -0.2) is 8.42 Å². The average Bonchev–Trinajstić information content (AvgIpc) is 2.82. The minimum Gasteiger partial charge on any atom is -0.493 e. The minimum absolute atomic E-state index is 0.00766. The van der Waals surface area contributed by atoms with Crippen molar-refractivity contribution in [3.05, 3.63) is 89.5 Å². The molecule has 0 unspecified atom stereocenters. The van der Waals surface area contributed by atoms with Crippen LogP contribution in [0.25, 0.3) is 0 Å². The van der Waals surface area contributed by atoms with Crippen LogP contribution in [0.15, 0.2) is 77.7 Å². The van der Waals surface area contributed by atoms with Crippen molar-refractivity contribution in [2.75, 3.05) is 14.2 Å². The highest BCUT2D eigenvalue weighted by Crippen LogP contribution is 2.29. The lowest BCUT2D eigenvalue weighted by Gasteiger charge is -2.13. The van der Waals surface area contributed by atoms with E-state index in [0.717, 1.165) is 11.1 Å². The van der Waals surface area contributed by atoms with Gasteiger partial charge in [-0.05, 0) is 47.5 Å². The third-order valence-electron chi connectivity index (χ3n) is 4.54. The van der Waals surface area contributed by atoms with Crippen LogP contribution < -0.4 is 19.7 Å². The zero-order valence-corrected chi connectivity index (χ0v) is 18.5. The van der Waals surface area contributed by atoms with Gasteiger partial charge in [0.05, 0.1) is 19.1 Å². The summed E-state index contributed by atoms with van der Waals surface area (Å²) in [4.78, 5) is 18.8. The molecule has 32 heavy (non-hydrogen) atoms. The predicted molar refractivity (Wildman–Crippen MR) is 119 cm³/mol. The number of rotatable bonds is 10. The number of ether oxygens (including phenoxy) is 2. The quantitative estimate of drug-likeness (QED) is 0.455. The number of hydrogen-bond donors (Lipinski definition) is 2. The first-order chi connectivity index (χ1) is 15.4. The number of carbonyl (C=O) groups is 1. The lowest BCUT2D eigenvalue weighted by atomic mass is 10.1. The summed E-state index contributed by atoms with van der Waals surface area (Å²) < 4.78 is 35.0. The Balaban J connectivity index is 1.60. The molecule has 8 nitrogen and oxygen atoms in total. The number of benzene rings is 3. The molecule has 3 rings (SSSR count). The van der Waals surface area contributed by atoms with E-state index in [-0.39, 0.29) is 17.3 Å². The van der Waals surface area contributed by atoms with E-state index in [1.54, 1.807) is 19.2 Å². The summed E-state index contributed by atoms with van der Waals surface area (Å²) in [5.41, 5.74) is 2.20. The molecule has 0 aliphatic carbocycles. The Morgan fingerprint density at radius 1 is 0.875 bits per heavy atom. The maximum absolute atomic E-state index is 12.4. The molecule has 0 aromatic heterocycles. The van der Waals surface area contributed by atoms with Gasteiger partial charge in [0.1, 0.15) is 6.61 Å². The monoisotopic (exact) mass is 456 g/mol. The molecular weight excluding hydrogens is 432 g/mol. The lowest BCUT2D eigenvalue weighted by Crippen LogP contribution is -2.24. The fourth-order valence-corrected chi connectivity index (χ4v) is 3.71. The SMILES string of the molecule is CONS(=O)(=O)c1ccc(C(=O)NCc2ccc(OCc3ccccc3)c(OC)c2)cc1. The van der Waals surface area contributed by atoms with Crippen LogP contribution >= 0.6 is 0 Å². The van der Waals surface area contributed by atoms with E-state index in [2.05, 4.69) is 10.2 Å². The Hall–Kier alpha value is -3.40. The van der Waals surface area contributed by atoms with Crippen LogP contribution in [0.5, 0.6) is 11.5 Å². The van der Waals surface area contributed by atoms with Crippen molar-refractivity contribution in [1.29, 1.82) is 0 Å². The zero-order valence-electron chi connectivity index (χ0n) is 17.7. The van der Waals surface area contributed by atoms with E-state index >= 15 is 0 Å². The van der Waals surface area contributed by atoms with Gasteiger partial charge in [-0.1, -0.05) is 41.3 Å². The van der Waals surface area contributed by atoms with E-state index in [4.69, 9.17) is 9.47 Å². The second kappa shape index (κ2) is 10.8. The topological polar surface area (TPSA) is 103 Å². The molecule has 0 heterocycles. The summed E-state index contributed by atoms with van der Waals surface area (Å²) in [6.07, 6.45) is 0. The average molecular weight is 457 g/mol. The first-order valence-electron chi connectivity index (χ1n) is 9.69. The highest BCUT2D eigenvalue weighted by Gasteiger charge is 2.15. The molecule has 3 aromatic carbocycles. The molecule has 0 spiro atoms. The lowest BCUT2D eigenvalue weighted by molar-refractivity contribution is 0.0950. The summed E-state index contributed by atoms with van der Waals surface area (Å²) in [7, 11) is -1.01. The van der Waals surface area contributed by atoms with Crippen molar-refractivity contribution in [3.63, 3.8) is 0 Å². The van der Waals surface area contributed by atoms with Crippen molar-refractivity contribution in [2.24, 2.45) is 0 Å². The molecule has 0 saturated heterocycles. The van der Waals surface area contributed by atoms with Crippen molar-refractivity contribution in [2.45, 2.75) is 18.0 Å². The molecule has 0 fully saturated rings. The maximum Gasteiger partial charge on any atom is 0.262 e. The van der Waals surface area contributed by atoms with Crippen molar-refractivity contribution in [1.82, 2.24) is 10.2 Å². The van der Waals surface area contributed by atoms with Crippen molar-refractivity contribution < 1.29 is 27.5 Å². The highest BCUT2D eigenvalue weighted by atomic mass is 32.2. The number of carbonyl (C=O) groups excluding carboxylic acids is 1. The molecule has 1 amide bonds. The van der Waals surface area contributed by atoms with Gasteiger partial charge < -0.3 is 14.8 Å². The normalized spacial score (nSPS) is 11.1. The first kappa shape index (κ1) is 23.3. The Kier molecular flexibility index (Phi) is 7.82. The summed E-state index contributed by atoms with van der Waals surface area (Å²) in [6.45, 7) is 0.679. The van der Waals surface area contributed by atoms with Gasteiger partial charge in [0, 0.05) is 12.1 Å². The molecule has 0 aliphatic rings. The van der Waals surface area contributed by atoms with Gasteiger partial charge >= 0.3 is 0 Å². The van der Waals surface area contributed by atoms with E-state index in [0.29, 0.717) is 23.7 Å². The molecule has 2 N–H and O–H groups in total. The highest BCUT2D eigenvalue weighted by molar-refractivity contribution is 7.89. The molecule has 168 valence electrons. The molecule has 0 aliphatic heterocycles. The Bertz CT molecular complexity index is 1150. The summed E-state index contributed by atoms with van der Waals surface area (Å²) >= 11 is 0. The standard InChI is InChI=1S/C23H24N2O6S/c1-29-22-14-18(8-13-21(22)31-16-17-6-4-3-5-7-17)15-24-23(26)19-9-11-20(12-10-19)32(27,28)25-30-2/h3-14,25H,15-16H2,1-2H3,(H,24,26). The fourth-order valence-electron chi connectivity index (χ4n) is 2.90. The molecule has 3 aromatic rings. The van der Waals surface area contributed by atoms with Crippen LogP contribution in [0.4, 0.5) is 0 Å². The van der Waals surface area contributed by atoms with E-state index in [1.807, 2.05) is 41.3 Å². The number of methoxy groups -OCH3 is 1. The second-order valence-corrected chi connectivity index (χ2v) is 8.40. The molecule has 9 heteroatoms. The molecule has 0 radical (unpaired) electrons. The number of hydrogen-bond acceptors (Lipinski definition) is 6. The number of nitrogens with one attached hydrogen (secondary N) is 2. The molecule has 0 saturated carbocycles. The molecule has 0 bridgehead atoms. The number of amides is 1. The minimum atomic E-state index is -3.77. The fraction of sp³-hybridized carbons (Fsp3) is 0.174. The summed E-state index contributed by atoms with van der Waals surface area (Å²) in [5, 5.41) is 2.80. The maximum atomic E-state index is 12.4. The third-order valence-corrected chi connectivity index (χ3v) is 5.82. The summed E-state index contributed by atoms with van der Waals surface area (Å²) in [5.74, 6) is 0.831. The van der Waals surface area contributed by atoms with E-state index < -0.39 is 10.0 Å². The van der Waals surface area contributed by atoms with Gasteiger partial charge in [0.25, 0.3) is 15.9 Å². The van der Waals surface area contributed by atoms with Crippen molar-refractivity contribution in [3.8, 4) is 11.5 Å². The largest absolute Gasteiger partial charge is 0.493 e. The van der Waals surface area contributed by atoms with Gasteiger partial charge in [-0.15, -0.1) is 0 Å². The van der Waals surface area contributed by atoms with Gasteiger partial charge in [0.15, 0.2) is 11.5 Å². The van der Waals surface area contributed by atoms with Crippen LogP contribution in [0.2, 0.25) is 0 Å². The molecular formula is C23H24N2O6S. The molecule has 0 atom stereocenters. The Morgan fingerprint density at radius 3 is 2.25 bits per heavy atom. The van der Waals surface area contributed by atoms with Gasteiger partial charge in [-0.3, -0.25) is 9.63 Å². The number of sulfonamides is 1. The van der Waals surface area contributed by atoms with Gasteiger partial charge in [0.2, 0.25) is 0 Å².